The van der Waals surface area contributed by atoms with Gasteiger partial charge in [-0.3, -0.25) is 9.10 Å². The van der Waals surface area contributed by atoms with Crippen LogP contribution in [0, 0.1) is 13.8 Å². The Morgan fingerprint density at radius 3 is 2.48 bits per heavy atom. The maximum absolute atomic E-state index is 13.1. The summed E-state index contributed by atoms with van der Waals surface area (Å²) in [4.78, 5) is 10.9. The molecule has 2 rings (SSSR count). The van der Waals surface area contributed by atoms with Gasteiger partial charge < -0.3 is 9.84 Å². The van der Waals surface area contributed by atoms with Crippen molar-refractivity contribution in [1.82, 2.24) is 0 Å². The maximum Gasteiger partial charge on any atom is 0.307 e. The van der Waals surface area contributed by atoms with Crippen molar-refractivity contribution in [1.29, 1.82) is 0 Å². The molecule has 0 saturated carbocycles. The number of methoxy groups -OCH3 is 1. The van der Waals surface area contributed by atoms with Gasteiger partial charge in [0.25, 0.3) is 10.0 Å². The van der Waals surface area contributed by atoms with Crippen LogP contribution < -0.4 is 9.04 Å². The molecule has 25 heavy (non-hydrogen) atoms. The van der Waals surface area contributed by atoms with Gasteiger partial charge in [-0.25, -0.2) is 8.42 Å². The number of rotatable bonds is 6. The van der Waals surface area contributed by atoms with Crippen LogP contribution in [-0.4, -0.2) is 33.7 Å². The maximum atomic E-state index is 13.1. The van der Waals surface area contributed by atoms with E-state index in [1.165, 1.54) is 30.6 Å². The average molecular weight is 363 g/mol. The van der Waals surface area contributed by atoms with E-state index in [1.807, 2.05) is 19.9 Å². The van der Waals surface area contributed by atoms with E-state index < -0.39 is 16.0 Å². The molecule has 0 atom stereocenters. The number of nitrogens with zero attached hydrogens (tertiary/aromatic N) is 1. The van der Waals surface area contributed by atoms with Crippen molar-refractivity contribution in [3.05, 3.63) is 53.1 Å². The SMILES string of the molecule is COc1ccc(CC(=O)O)cc1S(=O)(=O)N(C)c1cccc(C)c1C. The molecule has 1 N–H and O–H groups in total. The smallest absolute Gasteiger partial charge is 0.307 e. The molecule has 2 aromatic carbocycles. The lowest BCUT2D eigenvalue weighted by molar-refractivity contribution is -0.136. The van der Waals surface area contributed by atoms with Crippen LogP contribution >= 0.6 is 0 Å². The first-order chi connectivity index (χ1) is 11.7. The molecule has 6 nitrogen and oxygen atoms in total. The van der Waals surface area contributed by atoms with Crippen molar-refractivity contribution in [2.24, 2.45) is 0 Å². The summed E-state index contributed by atoms with van der Waals surface area (Å²) in [6.07, 6.45) is -0.264. The second-order valence-corrected chi connectivity index (χ2v) is 7.68. The zero-order valence-electron chi connectivity index (χ0n) is 14.6. The topological polar surface area (TPSA) is 83.9 Å². The van der Waals surface area contributed by atoms with E-state index >= 15 is 0 Å². The molecule has 0 heterocycles. The first-order valence-corrected chi connectivity index (χ1v) is 9.06. The molecule has 0 unspecified atom stereocenters. The van der Waals surface area contributed by atoms with Gasteiger partial charge >= 0.3 is 5.97 Å². The van der Waals surface area contributed by atoms with E-state index in [-0.39, 0.29) is 17.1 Å². The summed E-state index contributed by atoms with van der Waals surface area (Å²) in [5, 5.41) is 8.95. The van der Waals surface area contributed by atoms with Gasteiger partial charge in [0.15, 0.2) is 0 Å². The Kier molecular flexibility index (Phi) is 5.37. The fourth-order valence-electron chi connectivity index (χ4n) is 2.56. The number of hydrogen-bond acceptors (Lipinski definition) is 4. The van der Waals surface area contributed by atoms with Gasteiger partial charge in [-0.1, -0.05) is 18.2 Å². The van der Waals surface area contributed by atoms with Crippen molar-refractivity contribution in [3.8, 4) is 5.75 Å². The third-order valence-corrected chi connectivity index (χ3v) is 5.93. The summed E-state index contributed by atoms with van der Waals surface area (Å²) >= 11 is 0. The molecular formula is C18H21NO5S. The predicted molar refractivity (Wildman–Crippen MR) is 95.8 cm³/mol. The van der Waals surface area contributed by atoms with Crippen molar-refractivity contribution < 1.29 is 23.1 Å². The number of hydrogen-bond donors (Lipinski definition) is 1. The van der Waals surface area contributed by atoms with E-state index in [9.17, 15) is 13.2 Å². The van der Waals surface area contributed by atoms with Crippen LogP contribution in [0.2, 0.25) is 0 Å². The Bertz CT molecular complexity index is 906. The van der Waals surface area contributed by atoms with Crippen LogP contribution in [0.1, 0.15) is 16.7 Å². The molecule has 0 radical (unpaired) electrons. The summed E-state index contributed by atoms with van der Waals surface area (Å²) in [7, 11) is -1.07. The Morgan fingerprint density at radius 2 is 1.88 bits per heavy atom. The van der Waals surface area contributed by atoms with Crippen LogP contribution in [-0.2, 0) is 21.2 Å². The van der Waals surface area contributed by atoms with Crippen molar-refractivity contribution in [2.75, 3.05) is 18.5 Å². The molecule has 0 aliphatic heterocycles. The third-order valence-electron chi connectivity index (χ3n) is 4.14. The number of anilines is 1. The van der Waals surface area contributed by atoms with Crippen LogP contribution in [0.5, 0.6) is 5.75 Å². The van der Waals surface area contributed by atoms with Crippen molar-refractivity contribution in [3.63, 3.8) is 0 Å². The number of sulfonamides is 1. The lowest BCUT2D eigenvalue weighted by Crippen LogP contribution is -2.28. The van der Waals surface area contributed by atoms with E-state index in [0.717, 1.165) is 11.1 Å². The monoisotopic (exact) mass is 363 g/mol. The van der Waals surface area contributed by atoms with E-state index in [1.54, 1.807) is 18.2 Å². The molecule has 0 aliphatic rings. The Morgan fingerprint density at radius 1 is 1.20 bits per heavy atom. The molecule has 0 amide bonds. The van der Waals surface area contributed by atoms with Gasteiger partial charge in [0, 0.05) is 7.05 Å². The fourth-order valence-corrected chi connectivity index (χ4v) is 4.02. The highest BCUT2D eigenvalue weighted by Crippen LogP contribution is 2.32. The predicted octanol–water partition coefficient (Wildman–Crippen LogP) is 2.76. The van der Waals surface area contributed by atoms with Crippen molar-refractivity contribution >= 4 is 21.7 Å². The number of carboxylic acid groups (broad SMARTS) is 1. The molecule has 0 bridgehead atoms. The summed E-state index contributed by atoms with van der Waals surface area (Å²) < 4.78 is 32.6. The normalized spacial score (nSPS) is 11.2. The molecule has 0 aliphatic carbocycles. The fraction of sp³-hybridized carbons (Fsp3) is 0.278. The van der Waals surface area contributed by atoms with Crippen molar-refractivity contribution in [2.45, 2.75) is 25.2 Å². The molecule has 7 heteroatoms. The lowest BCUT2D eigenvalue weighted by atomic mass is 10.1. The zero-order chi connectivity index (χ0) is 18.8. The third kappa shape index (κ3) is 3.76. The number of aryl methyl sites for hydroxylation is 1. The van der Waals surface area contributed by atoms with E-state index in [4.69, 9.17) is 9.84 Å². The minimum absolute atomic E-state index is 0.0582. The molecule has 2 aromatic rings. The van der Waals surface area contributed by atoms with Gasteiger partial charge in [-0.15, -0.1) is 0 Å². The average Bonchev–Trinajstić information content (AvgIpc) is 2.56. The quantitative estimate of drug-likeness (QED) is 0.853. The Hall–Kier alpha value is -2.54. The first-order valence-electron chi connectivity index (χ1n) is 7.62. The van der Waals surface area contributed by atoms with Crippen LogP contribution in [0.4, 0.5) is 5.69 Å². The molecule has 0 saturated heterocycles. The summed E-state index contributed by atoms with van der Waals surface area (Å²) in [6.45, 7) is 3.77. The highest BCUT2D eigenvalue weighted by atomic mass is 32.2. The summed E-state index contributed by atoms with van der Waals surface area (Å²) in [5.41, 5.74) is 2.78. The van der Waals surface area contributed by atoms with Gasteiger partial charge in [0.2, 0.25) is 0 Å². The highest BCUT2D eigenvalue weighted by Gasteiger charge is 2.27. The molecule has 0 aromatic heterocycles. The molecule has 0 spiro atoms. The van der Waals surface area contributed by atoms with E-state index in [0.29, 0.717) is 11.3 Å². The molecule has 0 fully saturated rings. The number of benzene rings is 2. The summed E-state index contributed by atoms with van der Waals surface area (Å²) in [5.74, 6) is -0.859. The standard InChI is InChI=1S/C18H21NO5S/c1-12-6-5-7-15(13(12)2)19(3)25(22,23)17-10-14(11-18(20)21)8-9-16(17)24-4/h5-10H,11H2,1-4H3,(H,20,21). The zero-order valence-corrected chi connectivity index (χ0v) is 15.4. The van der Waals surface area contributed by atoms with E-state index in [2.05, 4.69) is 0 Å². The van der Waals surface area contributed by atoms with Gasteiger partial charge in [0.1, 0.15) is 10.6 Å². The minimum atomic E-state index is -3.92. The van der Waals surface area contributed by atoms with Gasteiger partial charge in [-0.05, 0) is 48.7 Å². The first kappa shape index (κ1) is 18.8. The van der Waals surface area contributed by atoms with Gasteiger partial charge in [0.05, 0.1) is 19.2 Å². The second-order valence-electron chi connectivity index (χ2n) is 5.75. The summed E-state index contributed by atoms with van der Waals surface area (Å²) in [6, 6.07) is 9.80. The number of carboxylic acids is 1. The van der Waals surface area contributed by atoms with Crippen LogP contribution in [0.25, 0.3) is 0 Å². The minimum Gasteiger partial charge on any atom is -0.495 e. The highest BCUT2D eigenvalue weighted by molar-refractivity contribution is 7.93. The van der Waals surface area contributed by atoms with Crippen LogP contribution in [0.15, 0.2) is 41.3 Å². The lowest BCUT2D eigenvalue weighted by Gasteiger charge is -2.23. The number of carbonyl (C=O) groups is 1. The van der Waals surface area contributed by atoms with Crippen LogP contribution in [0.3, 0.4) is 0 Å². The molecule has 134 valence electrons. The molecular weight excluding hydrogens is 342 g/mol. The van der Waals surface area contributed by atoms with Gasteiger partial charge in [-0.2, -0.15) is 0 Å². The second kappa shape index (κ2) is 7.14. The number of ether oxygens (including phenoxy) is 1. The number of aliphatic carboxylic acids is 1. The Balaban J connectivity index is 2.58. The largest absolute Gasteiger partial charge is 0.495 e. The Labute approximate surface area is 147 Å².